The number of aliphatic hydroxyl groups is 1. The highest BCUT2D eigenvalue weighted by Gasteiger charge is 2.21. The molecule has 0 aliphatic heterocycles. The van der Waals surface area contributed by atoms with Gasteiger partial charge in [-0.15, -0.1) is 0 Å². The predicted octanol–water partition coefficient (Wildman–Crippen LogP) is 1.09. The number of oxazole rings is 1. The fourth-order valence-corrected chi connectivity index (χ4v) is 1.56. The molecule has 0 saturated heterocycles. The van der Waals surface area contributed by atoms with E-state index in [1.54, 1.807) is 0 Å². The maximum atomic E-state index is 9.35. The number of aromatic nitrogens is 1. The Morgan fingerprint density at radius 3 is 3.25 bits per heavy atom. The van der Waals surface area contributed by atoms with Crippen LogP contribution in [0.1, 0.15) is 30.7 Å². The second-order valence-electron chi connectivity index (χ2n) is 3.23. The minimum atomic E-state index is -0.227. The summed E-state index contributed by atoms with van der Waals surface area (Å²) in [4.78, 5) is 4.33. The lowest BCUT2D eigenvalue weighted by Crippen LogP contribution is -2.17. The van der Waals surface area contributed by atoms with Crippen LogP contribution in [0.3, 0.4) is 0 Å². The molecular formula is C9H13NO2. The number of aliphatic hydroxyl groups excluding tert-OH is 1. The van der Waals surface area contributed by atoms with Gasteiger partial charge in [-0.05, 0) is 12.8 Å². The van der Waals surface area contributed by atoms with Crippen LogP contribution in [0.15, 0.2) is 4.42 Å². The lowest BCUT2D eigenvalue weighted by molar-refractivity contribution is 0.149. The Balaban J connectivity index is 2.28. The molecule has 0 bridgehead atoms. The molecule has 1 aromatic rings. The highest BCUT2D eigenvalue weighted by Crippen LogP contribution is 2.21. The first-order valence-corrected chi connectivity index (χ1v) is 4.45. The van der Waals surface area contributed by atoms with Gasteiger partial charge in [0.1, 0.15) is 5.76 Å². The van der Waals surface area contributed by atoms with Gasteiger partial charge < -0.3 is 9.52 Å². The Morgan fingerprint density at radius 2 is 2.50 bits per heavy atom. The molecule has 1 aromatic heterocycles. The first kappa shape index (κ1) is 7.80. The van der Waals surface area contributed by atoms with Gasteiger partial charge in [0, 0.05) is 12.8 Å². The van der Waals surface area contributed by atoms with Gasteiger partial charge in [-0.2, -0.15) is 0 Å². The molecule has 3 nitrogen and oxygen atoms in total. The first-order valence-electron chi connectivity index (χ1n) is 4.45. The highest BCUT2D eigenvalue weighted by molar-refractivity contribution is 5.14. The lowest BCUT2D eigenvalue weighted by Gasteiger charge is -2.13. The second-order valence-corrected chi connectivity index (χ2v) is 3.23. The molecule has 12 heavy (non-hydrogen) atoms. The molecule has 1 aliphatic carbocycles. The lowest BCUT2D eigenvalue weighted by atomic mass is 10.00. The molecule has 1 unspecified atom stereocenters. The Labute approximate surface area is 71.4 Å². The third kappa shape index (κ3) is 1.25. The van der Waals surface area contributed by atoms with E-state index in [1.807, 2.05) is 6.92 Å². The van der Waals surface area contributed by atoms with Crippen LogP contribution in [0.4, 0.5) is 0 Å². The topological polar surface area (TPSA) is 46.3 Å². The predicted molar refractivity (Wildman–Crippen MR) is 43.9 cm³/mol. The van der Waals surface area contributed by atoms with Gasteiger partial charge in [-0.1, -0.05) is 6.92 Å². The second kappa shape index (κ2) is 2.90. The van der Waals surface area contributed by atoms with E-state index in [-0.39, 0.29) is 6.10 Å². The molecule has 1 N–H and O–H groups in total. The zero-order valence-electron chi connectivity index (χ0n) is 7.21. The van der Waals surface area contributed by atoms with Crippen molar-refractivity contribution < 1.29 is 9.52 Å². The van der Waals surface area contributed by atoms with Crippen LogP contribution in [-0.4, -0.2) is 16.2 Å². The summed E-state index contributed by atoms with van der Waals surface area (Å²) < 4.78 is 5.45. The zero-order valence-corrected chi connectivity index (χ0v) is 7.21. The fraction of sp³-hybridized carbons (Fsp3) is 0.667. The van der Waals surface area contributed by atoms with Crippen molar-refractivity contribution >= 4 is 0 Å². The van der Waals surface area contributed by atoms with Crippen molar-refractivity contribution in [2.24, 2.45) is 0 Å². The average Bonchev–Trinajstić information content (AvgIpc) is 2.46. The summed E-state index contributed by atoms with van der Waals surface area (Å²) in [7, 11) is 0. The quantitative estimate of drug-likeness (QED) is 0.681. The molecule has 1 atom stereocenters. The molecule has 66 valence electrons. The van der Waals surface area contributed by atoms with Crippen LogP contribution >= 0.6 is 0 Å². The Kier molecular flexibility index (Phi) is 1.89. The minimum absolute atomic E-state index is 0.227. The maximum Gasteiger partial charge on any atom is 0.194 e. The number of hydrogen-bond donors (Lipinski definition) is 1. The molecule has 1 aliphatic rings. The van der Waals surface area contributed by atoms with Crippen molar-refractivity contribution in [3.8, 4) is 0 Å². The number of rotatable bonds is 1. The summed E-state index contributed by atoms with van der Waals surface area (Å²) in [6, 6.07) is 0. The summed E-state index contributed by atoms with van der Waals surface area (Å²) in [5.41, 5.74) is 1.05. The van der Waals surface area contributed by atoms with Crippen molar-refractivity contribution in [1.82, 2.24) is 4.98 Å². The summed E-state index contributed by atoms with van der Waals surface area (Å²) in [5.74, 6) is 1.69. The Hall–Kier alpha value is -0.830. The van der Waals surface area contributed by atoms with Gasteiger partial charge in [-0.3, -0.25) is 0 Å². The minimum Gasteiger partial charge on any atom is -0.445 e. The van der Waals surface area contributed by atoms with Gasteiger partial charge >= 0.3 is 0 Å². The molecule has 0 spiro atoms. The van der Waals surface area contributed by atoms with Crippen LogP contribution in [-0.2, 0) is 19.3 Å². The first-order chi connectivity index (χ1) is 5.79. The van der Waals surface area contributed by atoms with Crippen molar-refractivity contribution in [3.05, 3.63) is 17.3 Å². The van der Waals surface area contributed by atoms with Crippen molar-refractivity contribution in [2.45, 2.75) is 38.7 Å². The van der Waals surface area contributed by atoms with Crippen molar-refractivity contribution in [1.29, 1.82) is 0 Å². The molecule has 1 heterocycles. The molecule has 0 radical (unpaired) electrons. The largest absolute Gasteiger partial charge is 0.445 e. The highest BCUT2D eigenvalue weighted by atomic mass is 16.4. The van der Waals surface area contributed by atoms with E-state index in [0.29, 0.717) is 6.42 Å². The average molecular weight is 167 g/mol. The number of fused-ring (bicyclic) bond motifs is 1. The smallest absolute Gasteiger partial charge is 0.194 e. The monoisotopic (exact) mass is 167 g/mol. The van der Waals surface area contributed by atoms with Gasteiger partial charge in [-0.25, -0.2) is 4.98 Å². The summed E-state index contributed by atoms with van der Waals surface area (Å²) >= 11 is 0. The van der Waals surface area contributed by atoms with E-state index in [2.05, 4.69) is 4.98 Å². The van der Waals surface area contributed by atoms with E-state index in [9.17, 15) is 5.11 Å². The zero-order chi connectivity index (χ0) is 8.55. The number of nitrogens with zero attached hydrogens (tertiary/aromatic N) is 1. The Bertz CT molecular complexity index is 280. The van der Waals surface area contributed by atoms with Crippen molar-refractivity contribution in [2.75, 3.05) is 0 Å². The standard InChI is InChI=1S/C9H13NO2/c1-2-9-10-7-4-3-6(11)5-8(7)12-9/h6,11H,2-5H2,1H3. The summed E-state index contributed by atoms with van der Waals surface area (Å²) in [5, 5.41) is 9.35. The van der Waals surface area contributed by atoms with E-state index in [0.717, 1.165) is 36.6 Å². The number of aryl methyl sites for hydroxylation is 2. The third-order valence-electron chi connectivity index (χ3n) is 2.26. The molecule has 3 heteroatoms. The van der Waals surface area contributed by atoms with Crippen LogP contribution in [0, 0.1) is 0 Å². The maximum absolute atomic E-state index is 9.35. The fourth-order valence-electron chi connectivity index (χ4n) is 1.56. The molecule has 0 aromatic carbocycles. The van der Waals surface area contributed by atoms with E-state index in [1.165, 1.54) is 0 Å². The molecule has 0 amide bonds. The SMILES string of the molecule is CCc1nc2c(o1)CC(O)CC2. The van der Waals surface area contributed by atoms with Crippen LogP contribution in [0.25, 0.3) is 0 Å². The van der Waals surface area contributed by atoms with E-state index < -0.39 is 0 Å². The summed E-state index contributed by atoms with van der Waals surface area (Å²) in [6.07, 6.45) is 2.93. The summed E-state index contributed by atoms with van der Waals surface area (Å²) in [6.45, 7) is 2.02. The van der Waals surface area contributed by atoms with Gasteiger partial charge in [0.15, 0.2) is 5.89 Å². The van der Waals surface area contributed by atoms with Crippen LogP contribution < -0.4 is 0 Å². The van der Waals surface area contributed by atoms with Gasteiger partial charge in [0.2, 0.25) is 0 Å². The molecule has 2 rings (SSSR count). The van der Waals surface area contributed by atoms with Crippen molar-refractivity contribution in [3.63, 3.8) is 0 Å². The van der Waals surface area contributed by atoms with Gasteiger partial charge in [0.25, 0.3) is 0 Å². The molecule has 0 fully saturated rings. The van der Waals surface area contributed by atoms with Crippen LogP contribution in [0.5, 0.6) is 0 Å². The molecular weight excluding hydrogens is 154 g/mol. The number of hydrogen-bond acceptors (Lipinski definition) is 3. The van der Waals surface area contributed by atoms with Gasteiger partial charge in [0.05, 0.1) is 11.8 Å². The third-order valence-corrected chi connectivity index (χ3v) is 2.26. The van der Waals surface area contributed by atoms with E-state index >= 15 is 0 Å². The normalized spacial score (nSPS) is 22.3. The van der Waals surface area contributed by atoms with E-state index in [4.69, 9.17) is 4.42 Å². The Morgan fingerprint density at radius 1 is 1.67 bits per heavy atom. The molecule has 0 saturated carbocycles. The van der Waals surface area contributed by atoms with Crippen LogP contribution in [0.2, 0.25) is 0 Å².